The maximum absolute atomic E-state index is 10.9. The van der Waals surface area contributed by atoms with Gasteiger partial charge in [-0.05, 0) is 30.9 Å². The molecular formula is C11H14N2OS. The van der Waals surface area contributed by atoms with Gasteiger partial charge in [-0.2, -0.15) is 0 Å². The van der Waals surface area contributed by atoms with Crippen molar-refractivity contribution in [3.63, 3.8) is 0 Å². The Morgan fingerprint density at radius 2 is 2.33 bits per heavy atom. The molecule has 0 saturated carbocycles. The molecular weight excluding hydrogens is 208 g/mol. The lowest BCUT2D eigenvalue weighted by molar-refractivity contribution is -0.121. The number of hydrogen-bond donors (Lipinski definition) is 1. The Labute approximate surface area is 94.1 Å². The fourth-order valence-corrected chi connectivity index (χ4v) is 2.19. The molecule has 1 amide bonds. The van der Waals surface area contributed by atoms with Gasteiger partial charge in [0.2, 0.25) is 6.41 Å². The number of rotatable bonds is 2. The highest BCUT2D eigenvalue weighted by atomic mass is 32.1. The van der Waals surface area contributed by atoms with E-state index in [0.29, 0.717) is 0 Å². The van der Waals surface area contributed by atoms with Gasteiger partial charge in [0.05, 0.1) is 6.04 Å². The number of hydrogen-bond acceptors (Lipinski definition) is 2. The van der Waals surface area contributed by atoms with Crippen LogP contribution in [0, 0.1) is 4.64 Å². The normalized spacial score (nSPS) is 21.3. The highest BCUT2D eigenvalue weighted by Crippen LogP contribution is 2.28. The van der Waals surface area contributed by atoms with E-state index >= 15 is 0 Å². The minimum atomic E-state index is 0.225. The molecule has 2 rings (SSSR count). The maximum atomic E-state index is 10.9. The smallest absolute Gasteiger partial charge is 0.210 e. The summed E-state index contributed by atoms with van der Waals surface area (Å²) in [7, 11) is 0. The van der Waals surface area contributed by atoms with Crippen molar-refractivity contribution in [1.29, 1.82) is 0 Å². The van der Waals surface area contributed by atoms with Crippen LogP contribution >= 0.6 is 12.2 Å². The number of carbonyl (C=O) groups excluding carboxylic acids is 1. The minimum Gasteiger partial charge on any atom is -0.353 e. The van der Waals surface area contributed by atoms with Crippen molar-refractivity contribution in [2.45, 2.75) is 25.3 Å². The van der Waals surface area contributed by atoms with Crippen molar-refractivity contribution in [3.05, 3.63) is 28.5 Å². The third-order valence-corrected chi connectivity index (χ3v) is 3.13. The topological polar surface area (TPSA) is 36.1 Å². The van der Waals surface area contributed by atoms with Crippen LogP contribution in [0.5, 0.6) is 0 Å². The summed E-state index contributed by atoms with van der Waals surface area (Å²) >= 11 is 4.99. The average Bonchev–Trinajstić information content (AvgIpc) is 2.30. The zero-order chi connectivity index (χ0) is 10.7. The van der Waals surface area contributed by atoms with Gasteiger partial charge in [-0.1, -0.05) is 18.3 Å². The second-order valence-corrected chi connectivity index (χ2v) is 4.28. The molecule has 4 heteroatoms. The molecule has 2 heterocycles. The zero-order valence-corrected chi connectivity index (χ0v) is 9.30. The predicted octanol–water partition coefficient (Wildman–Crippen LogP) is 2.43. The maximum Gasteiger partial charge on any atom is 0.210 e. The number of piperidine rings is 1. The molecule has 1 saturated heterocycles. The van der Waals surface area contributed by atoms with Crippen LogP contribution < -0.4 is 0 Å². The van der Waals surface area contributed by atoms with Crippen molar-refractivity contribution >= 4 is 18.6 Å². The average molecular weight is 222 g/mol. The van der Waals surface area contributed by atoms with Gasteiger partial charge in [-0.15, -0.1) is 0 Å². The number of nitrogens with zero attached hydrogens (tertiary/aromatic N) is 1. The van der Waals surface area contributed by atoms with Crippen LogP contribution in [-0.4, -0.2) is 22.8 Å². The molecule has 1 aromatic rings. The number of amides is 1. The Balaban J connectivity index is 2.23. The molecule has 15 heavy (non-hydrogen) atoms. The fourth-order valence-electron chi connectivity index (χ4n) is 2.07. The first-order valence-electron chi connectivity index (χ1n) is 5.21. The SMILES string of the molecule is O=CN1CCCC[C@@H]1c1ccc(=S)[nH]c1. The second kappa shape index (κ2) is 4.57. The third kappa shape index (κ3) is 2.26. The monoisotopic (exact) mass is 222 g/mol. The van der Waals surface area contributed by atoms with Crippen molar-refractivity contribution in [2.75, 3.05) is 6.54 Å². The van der Waals surface area contributed by atoms with Crippen molar-refractivity contribution in [3.8, 4) is 0 Å². The summed E-state index contributed by atoms with van der Waals surface area (Å²) in [5.74, 6) is 0. The minimum absolute atomic E-state index is 0.225. The van der Waals surface area contributed by atoms with Crippen LogP contribution in [0.25, 0.3) is 0 Å². The summed E-state index contributed by atoms with van der Waals surface area (Å²) in [6.45, 7) is 0.865. The Morgan fingerprint density at radius 1 is 1.47 bits per heavy atom. The van der Waals surface area contributed by atoms with Crippen LogP contribution in [0.2, 0.25) is 0 Å². The highest BCUT2D eigenvalue weighted by Gasteiger charge is 2.22. The molecule has 0 bridgehead atoms. The largest absolute Gasteiger partial charge is 0.353 e. The van der Waals surface area contributed by atoms with E-state index in [0.717, 1.165) is 36.0 Å². The van der Waals surface area contributed by atoms with E-state index in [-0.39, 0.29) is 6.04 Å². The van der Waals surface area contributed by atoms with E-state index in [4.69, 9.17) is 12.2 Å². The second-order valence-electron chi connectivity index (χ2n) is 3.84. The molecule has 0 unspecified atom stereocenters. The number of aromatic nitrogens is 1. The van der Waals surface area contributed by atoms with Gasteiger partial charge in [0, 0.05) is 12.7 Å². The quantitative estimate of drug-likeness (QED) is 0.616. The molecule has 1 aromatic heterocycles. The first kappa shape index (κ1) is 10.4. The molecule has 0 aromatic carbocycles. The molecule has 1 atom stereocenters. The van der Waals surface area contributed by atoms with Crippen LogP contribution in [0.4, 0.5) is 0 Å². The Kier molecular flexibility index (Phi) is 3.16. The summed E-state index contributed by atoms with van der Waals surface area (Å²) in [5.41, 5.74) is 1.15. The number of pyridine rings is 1. The van der Waals surface area contributed by atoms with Gasteiger partial charge < -0.3 is 9.88 Å². The fraction of sp³-hybridized carbons (Fsp3) is 0.455. The predicted molar refractivity (Wildman–Crippen MR) is 61.0 cm³/mol. The van der Waals surface area contributed by atoms with E-state index in [1.54, 1.807) is 0 Å². The Bertz CT molecular complexity index is 381. The van der Waals surface area contributed by atoms with E-state index in [2.05, 4.69) is 4.98 Å². The summed E-state index contributed by atoms with van der Waals surface area (Å²) < 4.78 is 0.729. The Morgan fingerprint density at radius 3 is 3.00 bits per heavy atom. The highest BCUT2D eigenvalue weighted by molar-refractivity contribution is 7.71. The molecule has 1 aliphatic heterocycles. The van der Waals surface area contributed by atoms with E-state index in [1.807, 2.05) is 23.2 Å². The van der Waals surface area contributed by atoms with Gasteiger partial charge in [-0.3, -0.25) is 4.79 Å². The lowest BCUT2D eigenvalue weighted by atomic mass is 9.97. The standard InChI is InChI=1S/C11H14N2OS/c14-8-13-6-2-1-3-10(13)9-4-5-11(15)12-7-9/h4-5,7-8,10H,1-3,6H2,(H,12,15)/t10-/m1/s1. The van der Waals surface area contributed by atoms with Crippen molar-refractivity contribution in [1.82, 2.24) is 9.88 Å². The van der Waals surface area contributed by atoms with Crippen LogP contribution in [0.1, 0.15) is 30.9 Å². The molecule has 0 radical (unpaired) electrons. The summed E-state index contributed by atoms with van der Waals surface area (Å²) in [4.78, 5) is 15.8. The van der Waals surface area contributed by atoms with Crippen LogP contribution in [-0.2, 0) is 4.79 Å². The van der Waals surface area contributed by atoms with Gasteiger partial charge >= 0.3 is 0 Å². The number of carbonyl (C=O) groups is 1. The third-order valence-electron chi connectivity index (χ3n) is 2.87. The lowest BCUT2D eigenvalue weighted by Crippen LogP contribution is -2.32. The van der Waals surface area contributed by atoms with Gasteiger partial charge in [-0.25, -0.2) is 0 Å². The van der Waals surface area contributed by atoms with Crippen LogP contribution in [0.15, 0.2) is 18.3 Å². The number of H-pyrrole nitrogens is 1. The summed E-state index contributed by atoms with van der Waals surface area (Å²) in [6, 6.07) is 4.11. The van der Waals surface area contributed by atoms with Gasteiger partial charge in [0.25, 0.3) is 0 Å². The molecule has 1 aliphatic rings. The summed E-state index contributed by atoms with van der Waals surface area (Å²) in [6.07, 6.45) is 6.20. The molecule has 0 aliphatic carbocycles. The van der Waals surface area contributed by atoms with E-state index in [1.165, 1.54) is 6.42 Å². The van der Waals surface area contributed by atoms with E-state index < -0.39 is 0 Å². The number of nitrogens with one attached hydrogen (secondary N) is 1. The molecule has 1 N–H and O–H groups in total. The van der Waals surface area contributed by atoms with Crippen molar-refractivity contribution in [2.24, 2.45) is 0 Å². The van der Waals surface area contributed by atoms with Crippen molar-refractivity contribution < 1.29 is 4.79 Å². The molecule has 3 nitrogen and oxygen atoms in total. The van der Waals surface area contributed by atoms with Crippen LogP contribution in [0.3, 0.4) is 0 Å². The first-order chi connectivity index (χ1) is 7.31. The van der Waals surface area contributed by atoms with Gasteiger partial charge in [0.1, 0.15) is 4.64 Å². The molecule has 0 spiro atoms. The molecule has 80 valence electrons. The zero-order valence-electron chi connectivity index (χ0n) is 8.48. The summed E-state index contributed by atoms with van der Waals surface area (Å²) in [5, 5.41) is 0. The number of aromatic amines is 1. The number of likely N-dealkylation sites (tertiary alicyclic amines) is 1. The first-order valence-corrected chi connectivity index (χ1v) is 5.62. The Hall–Kier alpha value is -1.16. The molecule has 1 fully saturated rings. The van der Waals surface area contributed by atoms with E-state index in [9.17, 15) is 4.79 Å². The van der Waals surface area contributed by atoms with Gasteiger partial charge in [0.15, 0.2) is 0 Å². The lowest BCUT2D eigenvalue weighted by Gasteiger charge is -2.32.